The molecule has 0 atom stereocenters. The van der Waals surface area contributed by atoms with Crippen LogP contribution < -0.4 is 39.1 Å². The summed E-state index contributed by atoms with van der Waals surface area (Å²) in [5.41, 5.74) is -0.246. The molecule has 7 heteroatoms. The Morgan fingerprint density at radius 1 is 0.880 bits per heavy atom. The van der Waals surface area contributed by atoms with E-state index in [1.807, 2.05) is 0 Å². The van der Waals surface area contributed by atoms with Gasteiger partial charge in [-0.15, -0.1) is 0 Å². The summed E-state index contributed by atoms with van der Waals surface area (Å²) < 4.78 is 19.4. The van der Waals surface area contributed by atoms with Crippen molar-refractivity contribution in [2.24, 2.45) is 0 Å². The van der Waals surface area contributed by atoms with E-state index in [4.69, 9.17) is 4.52 Å². The van der Waals surface area contributed by atoms with Crippen molar-refractivity contribution in [2.75, 3.05) is 0 Å². The maximum absolute atomic E-state index is 13.7. The molecule has 0 saturated carbocycles. The molecule has 0 unspecified atom stereocenters. The molecule has 0 saturated heterocycles. The van der Waals surface area contributed by atoms with Crippen molar-refractivity contribution in [1.82, 2.24) is 4.98 Å². The van der Waals surface area contributed by atoms with Crippen LogP contribution in [0.15, 0.2) is 79.0 Å². The average Bonchev–Trinajstić information content (AvgIpc) is 2.63. The number of carboxylic acid groups (broad SMARTS) is 1. The summed E-state index contributed by atoms with van der Waals surface area (Å²) in [7, 11) is -3.57. The van der Waals surface area contributed by atoms with Crippen molar-refractivity contribution in [3.8, 4) is 5.88 Å². The largest absolute Gasteiger partial charge is 1.00 e. The molecular weight excluding hydrogens is 332 g/mol. The van der Waals surface area contributed by atoms with E-state index in [2.05, 4.69) is 4.98 Å². The van der Waals surface area contributed by atoms with Crippen LogP contribution in [-0.2, 0) is 4.57 Å². The molecule has 1 heterocycles. The Hall–Kier alpha value is -2.31. The molecule has 0 aliphatic heterocycles. The van der Waals surface area contributed by atoms with E-state index >= 15 is 0 Å². The molecule has 0 spiro atoms. The predicted molar refractivity (Wildman–Crippen MR) is 89.0 cm³/mol. The summed E-state index contributed by atoms with van der Waals surface area (Å²) in [6, 6.07) is 20.0. The van der Waals surface area contributed by atoms with Gasteiger partial charge in [-0.2, -0.15) is 0 Å². The quantitative estimate of drug-likeness (QED) is 0.427. The van der Waals surface area contributed by atoms with E-state index < -0.39 is 13.3 Å². The Kier molecular flexibility index (Phi) is 6.22. The normalized spacial score (nSPS) is 10.6. The first kappa shape index (κ1) is 19.0. The van der Waals surface area contributed by atoms with Crippen molar-refractivity contribution in [3.05, 3.63) is 84.6 Å². The van der Waals surface area contributed by atoms with Crippen LogP contribution in [0.4, 0.5) is 0 Å². The van der Waals surface area contributed by atoms with Gasteiger partial charge >= 0.3 is 26.2 Å². The van der Waals surface area contributed by atoms with Gasteiger partial charge in [0, 0.05) is 6.20 Å². The summed E-state index contributed by atoms with van der Waals surface area (Å²) >= 11 is 0. The Morgan fingerprint density at radius 3 is 1.88 bits per heavy atom. The van der Waals surface area contributed by atoms with Crippen LogP contribution in [-0.4, -0.2) is 11.0 Å². The summed E-state index contributed by atoms with van der Waals surface area (Å²) in [5.74, 6) is -1.67. The van der Waals surface area contributed by atoms with Crippen molar-refractivity contribution >= 4 is 23.9 Å². The molecule has 0 fully saturated rings. The number of aromatic carboxylic acids is 1. The van der Waals surface area contributed by atoms with Crippen LogP contribution in [0.5, 0.6) is 5.88 Å². The monoisotopic (exact) mass is 345 g/mol. The van der Waals surface area contributed by atoms with Crippen LogP contribution in [0, 0.1) is 0 Å². The predicted octanol–water partition coefficient (Wildman–Crippen LogP) is -1.24. The van der Waals surface area contributed by atoms with Gasteiger partial charge < -0.3 is 14.4 Å². The van der Waals surface area contributed by atoms with Crippen LogP contribution in [0.3, 0.4) is 0 Å². The summed E-state index contributed by atoms with van der Waals surface area (Å²) in [4.78, 5) is 15.2. The summed E-state index contributed by atoms with van der Waals surface area (Å²) in [5, 5.41) is 12.2. The molecule has 0 amide bonds. The average molecular weight is 345 g/mol. The Morgan fingerprint density at radius 2 is 1.40 bits per heavy atom. The van der Waals surface area contributed by atoms with Gasteiger partial charge in [-0.3, -0.25) is 4.57 Å². The number of pyridine rings is 1. The first-order valence-electron chi connectivity index (χ1n) is 7.18. The van der Waals surface area contributed by atoms with Crippen molar-refractivity contribution in [1.29, 1.82) is 0 Å². The molecule has 0 radical (unpaired) electrons. The molecule has 0 bridgehead atoms. The smallest absolute Gasteiger partial charge is 0.545 e. The number of nitrogens with zero attached hydrogens (tertiary/aromatic N) is 1. The molecule has 0 aliphatic carbocycles. The third-order valence-corrected chi connectivity index (χ3v) is 5.78. The molecule has 25 heavy (non-hydrogen) atoms. The number of carbonyl (C=O) groups is 1. The van der Waals surface area contributed by atoms with E-state index in [9.17, 15) is 14.5 Å². The third kappa shape index (κ3) is 4.03. The fourth-order valence-corrected chi connectivity index (χ4v) is 4.27. The van der Waals surface area contributed by atoms with Gasteiger partial charge in [0.15, 0.2) is 0 Å². The molecule has 3 aromatic rings. The zero-order valence-electron chi connectivity index (χ0n) is 13.5. The van der Waals surface area contributed by atoms with Gasteiger partial charge in [0.05, 0.1) is 22.1 Å². The number of carboxylic acids is 1. The van der Waals surface area contributed by atoms with Crippen LogP contribution in [0.2, 0.25) is 0 Å². The van der Waals surface area contributed by atoms with E-state index in [1.54, 1.807) is 60.7 Å². The Bertz CT molecular complexity index is 860. The molecule has 0 N–H and O–H groups in total. The Balaban J connectivity index is 0.00000225. The molecule has 1 aromatic heterocycles. The molecule has 120 valence electrons. The fraction of sp³-hybridized carbons (Fsp3) is 0. The maximum Gasteiger partial charge on any atom is 1.00 e. The minimum absolute atomic E-state index is 0. The van der Waals surface area contributed by atoms with Crippen molar-refractivity contribution in [3.63, 3.8) is 0 Å². The number of carbonyl (C=O) groups excluding carboxylic acids is 1. The number of aromatic nitrogens is 1. The SMILES string of the molecule is O=C([O-])c1cccnc1OP(=O)(c1ccccc1)c1ccccc1.[Li+]. The minimum atomic E-state index is -3.57. The van der Waals surface area contributed by atoms with Crippen LogP contribution >= 0.6 is 7.37 Å². The summed E-state index contributed by atoms with van der Waals surface area (Å²) in [6.07, 6.45) is 1.38. The molecule has 0 aliphatic rings. The topological polar surface area (TPSA) is 79.3 Å². The van der Waals surface area contributed by atoms with E-state index in [-0.39, 0.29) is 30.3 Å². The van der Waals surface area contributed by atoms with Crippen molar-refractivity contribution in [2.45, 2.75) is 0 Å². The van der Waals surface area contributed by atoms with Gasteiger partial charge in [-0.05, 0) is 36.4 Å². The molecule has 2 aromatic carbocycles. The second-order valence-electron chi connectivity index (χ2n) is 4.96. The van der Waals surface area contributed by atoms with E-state index in [0.29, 0.717) is 10.6 Å². The molecular formula is C18H13LiNO4P. The zero-order chi connectivity index (χ0) is 17.0. The van der Waals surface area contributed by atoms with E-state index in [1.165, 1.54) is 18.3 Å². The number of benzene rings is 2. The van der Waals surface area contributed by atoms with Gasteiger partial charge in [0.25, 0.3) is 0 Å². The van der Waals surface area contributed by atoms with E-state index in [0.717, 1.165) is 0 Å². The third-order valence-electron chi connectivity index (χ3n) is 3.40. The van der Waals surface area contributed by atoms with Gasteiger partial charge in [-0.25, -0.2) is 4.98 Å². The Labute approximate surface area is 157 Å². The fourth-order valence-electron chi connectivity index (χ4n) is 2.24. The van der Waals surface area contributed by atoms with Crippen LogP contribution in [0.1, 0.15) is 10.4 Å². The van der Waals surface area contributed by atoms with Gasteiger partial charge in [-0.1, -0.05) is 36.4 Å². The van der Waals surface area contributed by atoms with Gasteiger partial charge in [0.1, 0.15) is 0 Å². The van der Waals surface area contributed by atoms with Crippen molar-refractivity contribution < 1.29 is 37.9 Å². The minimum Gasteiger partial charge on any atom is -0.545 e. The second kappa shape index (κ2) is 8.18. The first-order chi connectivity index (χ1) is 11.6. The van der Waals surface area contributed by atoms with Crippen LogP contribution in [0.25, 0.3) is 0 Å². The number of hydrogen-bond acceptors (Lipinski definition) is 5. The second-order valence-corrected chi connectivity index (χ2v) is 7.28. The standard InChI is InChI=1S/C18H14NO4P.Li/c20-18(21)16-12-7-13-19-17(16)23-24(22,14-8-3-1-4-9-14)15-10-5-2-6-11-15;/h1-13H,(H,20,21);/q;+1/p-1. The maximum atomic E-state index is 13.7. The molecule has 3 rings (SSSR count). The summed E-state index contributed by atoms with van der Waals surface area (Å²) in [6.45, 7) is 0. The number of rotatable bonds is 5. The first-order valence-corrected chi connectivity index (χ1v) is 8.81. The number of hydrogen-bond donors (Lipinski definition) is 0. The molecule has 5 nitrogen and oxygen atoms in total. The van der Waals surface area contributed by atoms with Gasteiger partial charge in [0.2, 0.25) is 5.88 Å². The zero-order valence-corrected chi connectivity index (χ0v) is 14.4.